The van der Waals surface area contributed by atoms with Crippen LogP contribution in [0.5, 0.6) is 5.75 Å². The fraction of sp³-hybridized carbons (Fsp3) is 0.400. The van der Waals surface area contributed by atoms with Gasteiger partial charge in [0.15, 0.2) is 17.4 Å². The van der Waals surface area contributed by atoms with Gasteiger partial charge in [-0.3, -0.25) is 9.79 Å². The quantitative estimate of drug-likeness (QED) is 0.725. The summed E-state index contributed by atoms with van der Waals surface area (Å²) in [6.45, 7) is 4.93. The molecule has 3 unspecified atom stereocenters. The van der Waals surface area contributed by atoms with Gasteiger partial charge in [-0.1, -0.05) is 19.1 Å². The first-order chi connectivity index (χ1) is 15.9. The average Bonchev–Trinajstić information content (AvgIpc) is 3.26. The molecule has 5 rings (SSSR count). The lowest BCUT2D eigenvalue weighted by molar-refractivity contribution is 0.100. The summed E-state index contributed by atoms with van der Waals surface area (Å²) in [6, 6.07) is 8.76. The summed E-state index contributed by atoms with van der Waals surface area (Å²) < 4.78 is 34.9. The largest absolute Gasteiger partial charge is 0.487 e. The highest BCUT2D eigenvalue weighted by atomic mass is 19.1. The molecule has 2 heterocycles. The molecule has 2 aromatic rings. The molecule has 33 heavy (non-hydrogen) atoms. The van der Waals surface area contributed by atoms with Gasteiger partial charge in [-0.25, -0.2) is 13.8 Å². The summed E-state index contributed by atoms with van der Waals surface area (Å²) in [5.41, 5.74) is 6.52. The lowest BCUT2D eigenvalue weighted by Crippen LogP contribution is -2.33. The van der Waals surface area contributed by atoms with Gasteiger partial charge in [-0.2, -0.15) is 0 Å². The molecule has 0 spiro atoms. The number of benzene rings is 2. The maximum Gasteiger partial charge on any atom is 0.248 e. The number of amides is 1. The Morgan fingerprint density at radius 2 is 1.79 bits per heavy atom. The van der Waals surface area contributed by atoms with Crippen LogP contribution in [0, 0.1) is 35.3 Å². The Hall–Kier alpha value is -3.29. The Balaban J connectivity index is 1.18. The zero-order valence-electron chi connectivity index (χ0n) is 18.4. The van der Waals surface area contributed by atoms with E-state index >= 15 is 0 Å². The van der Waals surface area contributed by atoms with Crippen LogP contribution in [0.15, 0.2) is 46.4 Å². The van der Waals surface area contributed by atoms with Gasteiger partial charge in [0.1, 0.15) is 0 Å². The summed E-state index contributed by atoms with van der Waals surface area (Å²) >= 11 is 0. The Morgan fingerprint density at radius 1 is 1.12 bits per heavy atom. The Kier molecular flexibility index (Phi) is 5.60. The third kappa shape index (κ3) is 4.21. The zero-order chi connectivity index (χ0) is 23.1. The SMILES string of the molecule is CCC1C=NC(N2CC3C(COc4c(F)cc(-c5ccc(C(N)=O)cc5)cc4F)[C@@H]3C2)=NC1. The van der Waals surface area contributed by atoms with E-state index in [-0.39, 0.29) is 18.3 Å². The first-order valence-corrected chi connectivity index (χ1v) is 11.3. The van der Waals surface area contributed by atoms with Crippen LogP contribution in [-0.2, 0) is 0 Å². The number of carbonyl (C=O) groups is 1. The van der Waals surface area contributed by atoms with Crippen molar-refractivity contribution in [1.29, 1.82) is 0 Å². The molecular weight excluding hydrogens is 426 g/mol. The summed E-state index contributed by atoms with van der Waals surface area (Å²) in [6.07, 6.45) is 3.04. The molecule has 6 nitrogen and oxygen atoms in total. The second-order valence-electron chi connectivity index (χ2n) is 9.01. The maximum atomic E-state index is 14.7. The number of fused-ring (bicyclic) bond motifs is 1. The average molecular weight is 453 g/mol. The van der Waals surface area contributed by atoms with Crippen LogP contribution < -0.4 is 10.5 Å². The van der Waals surface area contributed by atoms with E-state index in [0.29, 0.717) is 34.4 Å². The third-order valence-electron chi connectivity index (χ3n) is 6.97. The van der Waals surface area contributed by atoms with Crippen molar-refractivity contribution < 1.29 is 18.3 Å². The van der Waals surface area contributed by atoms with Crippen LogP contribution in [0.3, 0.4) is 0 Å². The molecule has 4 atom stereocenters. The van der Waals surface area contributed by atoms with E-state index in [1.54, 1.807) is 12.1 Å². The number of nitrogens with two attached hydrogens (primary N) is 1. The highest BCUT2D eigenvalue weighted by Gasteiger charge is 2.56. The number of ether oxygens (including phenoxy) is 1. The smallest absolute Gasteiger partial charge is 0.248 e. The van der Waals surface area contributed by atoms with Crippen molar-refractivity contribution in [1.82, 2.24) is 4.90 Å². The van der Waals surface area contributed by atoms with Crippen LogP contribution >= 0.6 is 0 Å². The molecule has 1 saturated heterocycles. The minimum absolute atomic E-state index is 0.289. The van der Waals surface area contributed by atoms with E-state index in [1.807, 2.05) is 6.21 Å². The van der Waals surface area contributed by atoms with E-state index in [0.717, 1.165) is 32.0 Å². The fourth-order valence-electron chi connectivity index (χ4n) is 4.81. The van der Waals surface area contributed by atoms with Gasteiger partial charge < -0.3 is 15.4 Å². The van der Waals surface area contributed by atoms with E-state index in [4.69, 9.17) is 10.5 Å². The second-order valence-corrected chi connectivity index (χ2v) is 9.01. The van der Waals surface area contributed by atoms with Crippen molar-refractivity contribution in [3.8, 4) is 16.9 Å². The molecule has 0 bridgehead atoms. The number of carbonyl (C=O) groups excluding carboxylic acids is 1. The molecule has 172 valence electrons. The molecule has 2 aromatic carbocycles. The number of halogens is 2. The molecule has 8 heteroatoms. The number of nitrogens with zero attached hydrogens (tertiary/aromatic N) is 3. The van der Waals surface area contributed by atoms with Gasteiger partial charge in [0.25, 0.3) is 0 Å². The fourth-order valence-corrected chi connectivity index (χ4v) is 4.81. The van der Waals surface area contributed by atoms with E-state index in [9.17, 15) is 13.6 Å². The summed E-state index contributed by atoms with van der Waals surface area (Å²) in [7, 11) is 0. The first-order valence-electron chi connectivity index (χ1n) is 11.3. The number of likely N-dealkylation sites (tertiary alicyclic amines) is 1. The van der Waals surface area contributed by atoms with Crippen LogP contribution in [0.25, 0.3) is 11.1 Å². The maximum absolute atomic E-state index is 14.7. The Bertz CT molecular complexity index is 1100. The van der Waals surface area contributed by atoms with Gasteiger partial charge in [0.05, 0.1) is 13.2 Å². The monoisotopic (exact) mass is 452 g/mol. The summed E-state index contributed by atoms with van der Waals surface area (Å²) in [5.74, 6) is 0.0300. The molecule has 2 N–H and O–H groups in total. The molecule has 1 saturated carbocycles. The number of guanidine groups is 1. The highest BCUT2D eigenvalue weighted by Crippen LogP contribution is 2.52. The summed E-state index contributed by atoms with van der Waals surface area (Å²) in [4.78, 5) is 22.5. The molecule has 1 aliphatic carbocycles. The number of primary amides is 1. The number of rotatable bonds is 6. The number of hydrogen-bond acceptors (Lipinski definition) is 5. The molecular formula is C25H26F2N4O2. The normalized spacial score (nSPS) is 25.5. The van der Waals surface area contributed by atoms with Crippen molar-refractivity contribution in [2.24, 2.45) is 39.4 Å². The van der Waals surface area contributed by atoms with E-state index in [1.165, 1.54) is 24.3 Å². The molecule has 0 aromatic heterocycles. The Morgan fingerprint density at radius 3 is 2.33 bits per heavy atom. The topological polar surface area (TPSA) is 80.3 Å². The minimum Gasteiger partial charge on any atom is -0.487 e. The van der Waals surface area contributed by atoms with Crippen LogP contribution in [-0.4, -0.2) is 49.2 Å². The molecule has 2 fully saturated rings. The molecule has 3 aliphatic rings. The summed E-state index contributed by atoms with van der Waals surface area (Å²) in [5, 5.41) is 0. The highest BCUT2D eigenvalue weighted by molar-refractivity contribution is 5.93. The van der Waals surface area contributed by atoms with Crippen molar-refractivity contribution in [3.05, 3.63) is 53.6 Å². The van der Waals surface area contributed by atoms with E-state index < -0.39 is 17.5 Å². The lowest BCUT2D eigenvalue weighted by atomic mass is 10.0. The van der Waals surface area contributed by atoms with Crippen molar-refractivity contribution in [2.75, 3.05) is 26.2 Å². The van der Waals surface area contributed by atoms with Gasteiger partial charge in [-0.15, -0.1) is 0 Å². The number of piperidine rings is 1. The van der Waals surface area contributed by atoms with Gasteiger partial charge in [0, 0.05) is 36.7 Å². The van der Waals surface area contributed by atoms with Crippen LogP contribution in [0.4, 0.5) is 8.78 Å². The van der Waals surface area contributed by atoms with Gasteiger partial charge >= 0.3 is 0 Å². The Labute approximate surface area is 191 Å². The number of hydrogen-bond donors (Lipinski definition) is 1. The predicted octanol–water partition coefficient (Wildman–Crippen LogP) is 3.75. The first kappa shape index (κ1) is 21.6. The van der Waals surface area contributed by atoms with Crippen molar-refractivity contribution in [2.45, 2.75) is 13.3 Å². The minimum atomic E-state index is -0.743. The second kappa shape index (κ2) is 8.57. The molecule has 0 radical (unpaired) electrons. The predicted molar refractivity (Wildman–Crippen MR) is 122 cm³/mol. The van der Waals surface area contributed by atoms with Crippen molar-refractivity contribution >= 4 is 18.1 Å². The lowest BCUT2D eigenvalue weighted by Gasteiger charge is -2.23. The molecule has 2 aliphatic heterocycles. The zero-order valence-corrected chi connectivity index (χ0v) is 18.4. The third-order valence-corrected chi connectivity index (χ3v) is 6.97. The standard InChI is InChI=1S/C25H26F2N4O2/c1-2-14-9-29-25(30-10-14)31-11-18-19(12-31)20(18)13-33-23-21(26)7-17(8-22(23)27)15-3-5-16(6-4-15)24(28)32/h3-9,14,18-20H,2,10-13H2,1H3,(H2,28,32)/t14?,18-,19?,20?/m1/s1. The van der Waals surface area contributed by atoms with Gasteiger partial charge in [-0.05, 0) is 53.6 Å². The van der Waals surface area contributed by atoms with Gasteiger partial charge in [0.2, 0.25) is 11.9 Å². The van der Waals surface area contributed by atoms with Crippen LogP contribution in [0.2, 0.25) is 0 Å². The van der Waals surface area contributed by atoms with Crippen LogP contribution in [0.1, 0.15) is 23.7 Å². The molecule has 1 amide bonds. The number of aliphatic imine (C=N–C) groups is 2. The van der Waals surface area contributed by atoms with Crippen molar-refractivity contribution in [3.63, 3.8) is 0 Å². The van der Waals surface area contributed by atoms with E-state index in [2.05, 4.69) is 21.8 Å².